The summed E-state index contributed by atoms with van der Waals surface area (Å²) in [4.78, 5) is 0. The number of benzene rings is 1. The fraction of sp³-hybridized carbons (Fsp3) is 0.571. The van der Waals surface area contributed by atoms with Gasteiger partial charge in [-0.1, -0.05) is 6.07 Å². The van der Waals surface area contributed by atoms with E-state index in [1.54, 1.807) is 7.11 Å². The van der Waals surface area contributed by atoms with Crippen LogP contribution in [0.2, 0.25) is 0 Å². The molecule has 0 amide bonds. The Kier molecular flexibility index (Phi) is 3.78. The Balaban J connectivity index is 2.28. The van der Waals surface area contributed by atoms with E-state index in [-0.39, 0.29) is 0 Å². The summed E-state index contributed by atoms with van der Waals surface area (Å²) in [5.41, 5.74) is 0.130. The van der Waals surface area contributed by atoms with E-state index in [0.717, 1.165) is 17.7 Å². The van der Waals surface area contributed by atoms with Crippen molar-refractivity contribution in [1.82, 2.24) is 0 Å². The summed E-state index contributed by atoms with van der Waals surface area (Å²) >= 11 is 0. The molecule has 1 atom stereocenters. The Labute approximate surface area is 107 Å². The van der Waals surface area contributed by atoms with Crippen LogP contribution in [0.15, 0.2) is 18.2 Å². The maximum atomic E-state index is 10.3. The fourth-order valence-corrected chi connectivity index (χ4v) is 1.86. The van der Waals surface area contributed by atoms with Crippen molar-refractivity contribution in [2.24, 2.45) is 0 Å². The molecule has 0 spiro atoms. The average molecular weight is 252 g/mol. The van der Waals surface area contributed by atoms with Crippen LogP contribution < -0.4 is 9.47 Å². The van der Waals surface area contributed by atoms with E-state index in [0.29, 0.717) is 19.0 Å². The lowest BCUT2D eigenvalue weighted by Crippen LogP contribution is -2.31. The molecule has 0 saturated heterocycles. The van der Waals surface area contributed by atoms with Gasteiger partial charge in [-0.2, -0.15) is 0 Å². The Bertz CT molecular complexity index is 414. The number of hydrogen-bond donors (Lipinski definition) is 1. The second-order valence-electron chi connectivity index (χ2n) is 4.97. The molecular formula is C14H20O4. The maximum absolute atomic E-state index is 10.3. The van der Waals surface area contributed by atoms with Gasteiger partial charge >= 0.3 is 0 Å². The van der Waals surface area contributed by atoms with Crippen LogP contribution in [-0.4, -0.2) is 31.0 Å². The average Bonchev–Trinajstić information content (AvgIpc) is 2.62. The lowest BCUT2D eigenvalue weighted by atomic mass is 9.94. The van der Waals surface area contributed by atoms with Crippen molar-refractivity contribution in [3.63, 3.8) is 0 Å². The van der Waals surface area contributed by atoms with Crippen molar-refractivity contribution in [3.8, 4) is 11.5 Å². The Hall–Kier alpha value is -1.26. The van der Waals surface area contributed by atoms with Gasteiger partial charge in [0.2, 0.25) is 0 Å². The van der Waals surface area contributed by atoms with Gasteiger partial charge in [0.1, 0.15) is 6.10 Å². The molecule has 0 fully saturated rings. The number of ether oxygens (including phenoxy) is 3. The third-order valence-corrected chi connectivity index (χ3v) is 3.27. The first kappa shape index (κ1) is 13.2. The van der Waals surface area contributed by atoms with E-state index in [4.69, 9.17) is 14.2 Å². The smallest absolute Gasteiger partial charge is 0.161 e. The van der Waals surface area contributed by atoms with Gasteiger partial charge in [0.25, 0.3) is 0 Å². The van der Waals surface area contributed by atoms with Crippen molar-refractivity contribution >= 4 is 0 Å². The third-order valence-electron chi connectivity index (χ3n) is 3.27. The number of rotatable bonds is 3. The second kappa shape index (κ2) is 5.16. The van der Waals surface area contributed by atoms with E-state index >= 15 is 0 Å². The first-order chi connectivity index (χ1) is 8.54. The van der Waals surface area contributed by atoms with Gasteiger partial charge in [-0.15, -0.1) is 0 Å². The molecule has 100 valence electrons. The number of aliphatic hydroxyl groups excluding tert-OH is 1. The molecule has 1 aromatic carbocycles. The molecule has 18 heavy (non-hydrogen) atoms. The van der Waals surface area contributed by atoms with E-state index in [9.17, 15) is 5.11 Å². The van der Waals surface area contributed by atoms with Gasteiger partial charge in [-0.05, 0) is 31.5 Å². The van der Waals surface area contributed by atoms with Crippen LogP contribution in [0, 0.1) is 0 Å². The normalized spacial score (nSPS) is 17.1. The van der Waals surface area contributed by atoms with Crippen LogP contribution in [0.1, 0.15) is 31.9 Å². The first-order valence-electron chi connectivity index (χ1n) is 6.17. The number of hydrogen-bond acceptors (Lipinski definition) is 4. The van der Waals surface area contributed by atoms with Crippen molar-refractivity contribution in [2.45, 2.75) is 32.0 Å². The molecule has 1 unspecified atom stereocenters. The molecule has 0 bridgehead atoms. The van der Waals surface area contributed by atoms with E-state index < -0.39 is 11.7 Å². The zero-order chi connectivity index (χ0) is 13.2. The molecule has 2 rings (SSSR count). The van der Waals surface area contributed by atoms with Gasteiger partial charge in [0, 0.05) is 13.5 Å². The van der Waals surface area contributed by atoms with Gasteiger partial charge in [0.05, 0.1) is 18.8 Å². The molecule has 1 N–H and O–H groups in total. The number of methoxy groups -OCH3 is 1. The van der Waals surface area contributed by atoms with Crippen LogP contribution in [0.25, 0.3) is 0 Å². The van der Waals surface area contributed by atoms with E-state index in [1.807, 2.05) is 32.0 Å². The molecule has 0 aliphatic carbocycles. The van der Waals surface area contributed by atoms with E-state index in [1.165, 1.54) is 0 Å². The Morgan fingerprint density at radius 1 is 1.22 bits per heavy atom. The topological polar surface area (TPSA) is 47.9 Å². The van der Waals surface area contributed by atoms with Crippen LogP contribution in [0.4, 0.5) is 0 Å². The lowest BCUT2D eigenvalue weighted by Gasteiger charge is -2.29. The summed E-state index contributed by atoms with van der Waals surface area (Å²) < 4.78 is 16.5. The summed E-state index contributed by atoms with van der Waals surface area (Å²) in [5, 5.41) is 10.3. The minimum atomic E-state index is -0.709. The minimum absolute atomic E-state index is 0.639. The molecule has 0 radical (unpaired) electrons. The van der Waals surface area contributed by atoms with Crippen LogP contribution in [-0.2, 0) is 4.74 Å². The van der Waals surface area contributed by atoms with Gasteiger partial charge in [-0.25, -0.2) is 0 Å². The minimum Gasteiger partial charge on any atom is -0.490 e. The quantitative estimate of drug-likeness (QED) is 0.896. The summed E-state index contributed by atoms with van der Waals surface area (Å²) in [5.74, 6) is 1.43. The largest absolute Gasteiger partial charge is 0.490 e. The standard InChI is InChI=1S/C14H20O4/c1-14(2,16-3)13(15)10-5-6-11-12(9-10)18-8-4-7-17-11/h5-6,9,13,15H,4,7-8H2,1-3H3. The number of aliphatic hydroxyl groups is 1. The zero-order valence-electron chi connectivity index (χ0n) is 11.1. The summed E-state index contributed by atoms with van der Waals surface area (Å²) in [6.45, 7) is 5.00. The van der Waals surface area contributed by atoms with Crippen molar-refractivity contribution in [2.75, 3.05) is 20.3 Å². The molecule has 1 aromatic rings. The summed E-state index contributed by atoms with van der Waals surface area (Å²) in [7, 11) is 1.59. The molecule has 4 heteroatoms. The maximum Gasteiger partial charge on any atom is 0.161 e. The highest BCUT2D eigenvalue weighted by atomic mass is 16.5. The predicted molar refractivity (Wildman–Crippen MR) is 68.1 cm³/mol. The SMILES string of the molecule is COC(C)(C)C(O)c1ccc2c(c1)OCCCO2. The highest BCUT2D eigenvalue weighted by Gasteiger charge is 2.29. The highest BCUT2D eigenvalue weighted by Crippen LogP contribution is 2.35. The fourth-order valence-electron chi connectivity index (χ4n) is 1.86. The van der Waals surface area contributed by atoms with E-state index in [2.05, 4.69) is 0 Å². The molecule has 1 aliphatic rings. The monoisotopic (exact) mass is 252 g/mol. The van der Waals surface area contributed by atoms with Crippen LogP contribution >= 0.6 is 0 Å². The molecule has 1 heterocycles. The van der Waals surface area contributed by atoms with Gasteiger partial charge in [0.15, 0.2) is 11.5 Å². The first-order valence-corrected chi connectivity index (χ1v) is 6.17. The lowest BCUT2D eigenvalue weighted by molar-refractivity contribution is -0.0793. The van der Waals surface area contributed by atoms with Gasteiger partial charge in [-0.3, -0.25) is 0 Å². The molecule has 0 saturated carbocycles. The molecule has 4 nitrogen and oxygen atoms in total. The third kappa shape index (κ3) is 2.60. The van der Waals surface area contributed by atoms with Crippen molar-refractivity contribution < 1.29 is 19.3 Å². The Morgan fingerprint density at radius 2 is 1.89 bits per heavy atom. The predicted octanol–water partition coefficient (Wildman–Crippen LogP) is 2.31. The summed E-state index contributed by atoms with van der Waals surface area (Å²) in [6.07, 6.45) is 0.163. The van der Waals surface area contributed by atoms with Crippen LogP contribution in [0.3, 0.4) is 0 Å². The Morgan fingerprint density at radius 3 is 2.56 bits per heavy atom. The van der Waals surface area contributed by atoms with Crippen molar-refractivity contribution in [3.05, 3.63) is 23.8 Å². The van der Waals surface area contributed by atoms with Gasteiger partial charge < -0.3 is 19.3 Å². The second-order valence-corrected chi connectivity index (χ2v) is 4.97. The molecule has 1 aliphatic heterocycles. The van der Waals surface area contributed by atoms with Crippen LogP contribution in [0.5, 0.6) is 11.5 Å². The van der Waals surface area contributed by atoms with Crippen molar-refractivity contribution in [1.29, 1.82) is 0 Å². The number of fused-ring (bicyclic) bond motifs is 1. The zero-order valence-corrected chi connectivity index (χ0v) is 11.1. The summed E-state index contributed by atoms with van der Waals surface area (Å²) in [6, 6.07) is 5.51. The molecular weight excluding hydrogens is 232 g/mol. The highest BCUT2D eigenvalue weighted by molar-refractivity contribution is 5.44. The molecule has 0 aromatic heterocycles.